The van der Waals surface area contributed by atoms with E-state index in [2.05, 4.69) is 41.2 Å². The highest BCUT2D eigenvalue weighted by Crippen LogP contribution is 2.27. The van der Waals surface area contributed by atoms with E-state index in [0.29, 0.717) is 6.04 Å². The molecule has 0 bridgehead atoms. The molecular formula is C17H27BrN2O2S. The van der Waals surface area contributed by atoms with E-state index >= 15 is 0 Å². The number of ether oxygens (including phenoxy) is 1. The van der Waals surface area contributed by atoms with Gasteiger partial charge in [0, 0.05) is 39.4 Å². The number of hydrogen-bond acceptors (Lipinski definition) is 4. The molecule has 2 heterocycles. The van der Waals surface area contributed by atoms with Crippen LogP contribution in [0.1, 0.15) is 50.3 Å². The van der Waals surface area contributed by atoms with E-state index in [1.165, 1.54) is 14.2 Å². The number of thiophene rings is 1. The number of nitrogens with zero attached hydrogens (tertiary/aromatic N) is 1. The van der Waals surface area contributed by atoms with E-state index < -0.39 is 5.60 Å². The Hall–Kier alpha value is -0.590. The van der Waals surface area contributed by atoms with E-state index in [1.807, 2.05) is 37.0 Å². The predicted molar refractivity (Wildman–Crippen MR) is 99.0 cm³/mol. The fraction of sp³-hybridized carbons (Fsp3) is 0.706. The molecule has 130 valence electrons. The van der Waals surface area contributed by atoms with Gasteiger partial charge in [-0.3, -0.25) is 0 Å². The van der Waals surface area contributed by atoms with Gasteiger partial charge in [-0.15, -0.1) is 11.3 Å². The monoisotopic (exact) mass is 402 g/mol. The number of halogens is 1. The summed E-state index contributed by atoms with van der Waals surface area (Å²) >= 11 is 5.39. The summed E-state index contributed by atoms with van der Waals surface area (Å²) < 4.78 is 6.68. The van der Waals surface area contributed by atoms with Gasteiger partial charge in [0.05, 0.1) is 0 Å². The number of carbonyl (C=O) groups excluding carboxylic acids is 1. The van der Waals surface area contributed by atoms with Gasteiger partial charge in [-0.2, -0.15) is 0 Å². The maximum atomic E-state index is 12.2. The molecule has 0 aromatic carbocycles. The van der Waals surface area contributed by atoms with Gasteiger partial charge < -0.3 is 15.0 Å². The molecule has 6 heteroatoms. The standard InChI is InChI=1S/C17H27BrN2O2S/c1-11-8-13(19-10-14-9-15(18)12(2)23-14)6-7-20(11)16(21)22-17(3,4)5/h9,11,13,19H,6-8,10H2,1-5H3. The van der Waals surface area contributed by atoms with Crippen molar-refractivity contribution in [2.75, 3.05) is 6.54 Å². The Balaban J connectivity index is 1.82. The number of piperidine rings is 1. The zero-order chi connectivity index (χ0) is 17.2. The second-order valence-electron chi connectivity index (χ2n) is 7.24. The molecule has 4 nitrogen and oxygen atoms in total. The lowest BCUT2D eigenvalue weighted by atomic mass is 9.98. The first kappa shape index (κ1) is 18.7. The highest BCUT2D eigenvalue weighted by molar-refractivity contribution is 9.10. The van der Waals surface area contributed by atoms with Crippen LogP contribution in [-0.4, -0.2) is 35.2 Å². The summed E-state index contributed by atoms with van der Waals surface area (Å²) in [5.74, 6) is 0. The third-order valence-electron chi connectivity index (χ3n) is 3.98. The van der Waals surface area contributed by atoms with Crippen molar-refractivity contribution in [3.8, 4) is 0 Å². The first-order valence-corrected chi connectivity index (χ1v) is 9.74. The van der Waals surface area contributed by atoms with Gasteiger partial charge >= 0.3 is 6.09 Å². The molecule has 1 fully saturated rings. The average molecular weight is 403 g/mol. The molecule has 1 aromatic rings. The molecule has 1 aliphatic heterocycles. The number of carbonyl (C=O) groups is 1. The molecule has 1 aliphatic rings. The van der Waals surface area contributed by atoms with Crippen LogP contribution in [0, 0.1) is 6.92 Å². The number of hydrogen-bond donors (Lipinski definition) is 1. The van der Waals surface area contributed by atoms with Gasteiger partial charge in [-0.05, 0) is 69.5 Å². The van der Waals surface area contributed by atoms with Gasteiger partial charge in [0.25, 0.3) is 0 Å². The summed E-state index contributed by atoms with van der Waals surface area (Å²) in [5, 5.41) is 3.63. The zero-order valence-corrected chi connectivity index (χ0v) is 17.0. The topological polar surface area (TPSA) is 41.6 Å². The van der Waals surface area contributed by atoms with E-state index in [1.54, 1.807) is 0 Å². The quantitative estimate of drug-likeness (QED) is 0.796. The average Bonchev–Trinajstić information content (AvgIpc) is 2.73. The second kappa shape index (κ2) is 7.53. The molecule has 0 saturated carbocycles. The lowest BCUT2D eigenvalue weighted by Crippen LogP contribution is -2.50. The fourth-order valence-corrected chi connectivity index (χ4v) is 4.35. The second-order valence-corrected chi connectivity index (χ2v) is 9.44. The number of amides is 1. The van der Waals surface area contributed by atoms with Gasteiger partial charge in [0.15, 0.2) is 0 Å². The van der Waals surface area contributed by atoms with Crippen molar-refractivity contribution in [3.05, 3.63) is 20.3 Å². The van der Waals surface area contributed by atoms with Crippen molar-refractivity contribution in [2.24, 2.45) is 0 Å². The molecular weight excluding hydrogens is 376 g/mol. The third kappa shape index (κ3) is 5.47. The Morgan fingerprint density at radius 3 is 2.74 bits per heavy atom. The van der Waals surface area contributed by atoms with E-state index in [-0.39, 0.29) is 12.1 Å². The number of rotatable bonds is 3. The minimum atomic E-state index is -0.434. The number of likely N-dealkylation sites (tertiary alicyclic amines) is 1. The van der Waals surface area contributed by atoms with E-state index in [4.69, 9.17) is 4.74 Å². The maximum absolute atomic E-state index is 12.2. The Bertz CT molecular complexity index is 534. The lowest BCUT2D eigenvalue weighted by molar-refractivity contribution is 0.00933. The highest BCUT2D eigenvalue weighted by atomic mass is 79.9. The van der Waals surface area contributed by atoms with Crippen LogP contribution in [0.25, 0.3) is 0 Å². The number of aryl methyl sites for hydroxylation is 1. The predicted octanol–water partition coefficient (Wildman–Crippen LogP) is 4.70. The Morgan fingerprint density at radius 2 is 2.22 bits per heavy atom. The van der Waals surface area contributed by atoms with Crippen LogP contribution in [0.2, 0.25) is 0 Å². The lowest BCUT2D eigenvalue weighted by Gasteiger charge is -2.38. The molecule has 2 unspecified atom stereocenters. The molecule has 2 atom stereocenters. The third-order valence-corrected chi connectivity index (χ3v) is 6.11. The summed E-state index contributed by atoms with van der Waals surface area (Å²) in [5.41, 5.74) is -0.434. The normalized spacial score (nSPS) is 22.3. The summed E-state index contributed by atoms with van der Waals surface area (Å²) in [7, 11) is 0. The fourth-order valence-electron chi connectivity index (χ4n) is 2.80. The molecule has 1 saturated heterocycles. The van der Waals surface area contributed by atoms with Crippen LogP contribution < -0.4 is 5.32 Å². The largest absolute Gasteiger partial charge is 0.444 e. The van der Waals surface area contributed by atoms with Gasteiger partial charge in [0.2, 0.25) is 0 Å². The van der Waals surface area contributed by atoms with Crippen molar-refractivity contribution >= 4 is 33.4 Å². The van der Waals surface area contributed by atoms with Crippen molar-refractivity contribution < 1.29 is 9.53 Å². The molecule has 1 amide bonds. The number of nitrogens with one attached hydrogen (secondary N) is 1. The Kier molecular flexibility index (Phi) is 6.14. The minimum absolute atomic E-state index is 0.193. The first-order valence-electron chi connectivity index (χ1n) is 8.13. The van der Waals surface area contributed by atoms with Crippen molar-refractivity contribution in [1.29, 1.82) is 0 Å². The minimum Gasteiger partial charge on any atom is -0.444 e. The van der Waals surface area contributed by atoms with Crippen LogP contribution >= 0.6 is 27.3 Å². The molecule has 1 N–H and O–H groups in total. The maximum Gasteiger partial charge on any atom is 0.410 e. The van der Waals surface area contributed by atoms with E-state index in [0.717, 1.165) is 25.9 Å². The van der Waals surface area contributed by atoms with Crippen LogP contribution in [0.5, 0.6) is 0 Å². The summed E-state index contributed by atoms with van der Waals surface area (Å²) in [6.45, 7) is 11.6. The van der Waals surface area contributed by atoms with Crippen LogP contribution in [-0.2, 0) is 11.3 Å². The Morgan fingerprint density at radius 1 is 1.52 bits per heavy atom. The summed E-state index contributed by atoms with van der Waals surface area (Å²) in [6, 6.07) is 2.84. The van der Waals surface area contributed by atoms with Crippen molar-refractivity contribution in [1.82, 2.24) is 10.2 Å². The molecule has 2 rings (SSSR count). The van der Waals surface area contributed by atoms with Gasteiger partial charge in [-0.25, -0.2) is 4.79 Å². The highest BCUT2D eigenvalue weighted by Gasteiger charge is 2.31. The SMILES string of the molecule is Cc1sc(CNC2CCN(C(=O)OC(C)(C)C)C(C)C2)cc1Br. The van der Waals surface area contributed by atoms with Crippen molar-refractivity contribution in [2.45, 2.75) is 71.7 Å². The van der Waals surface area contributed by atoms with Gasteiger partial charge in [-0.1, -0.05) is 0 Å². The van der Waals surface area contributed by atoms with Crippen LogP contribution in [0.4, 0.5) is 4.79 Å². The molecule has 0 aliphatic carbocycles. The van der Waals surface area contributed by atoms with Gasteiger partial charge in [0.1, 0.15) is 5.60 Å². The first-order chi connectivity index (χ1) is 10.7. The van der Waals surface area contributed by atoms with Crippen LogP contribution in [0.15, 0.2) is 10.5 Å². The summed E-state index contributed by atoms with van der Waals surface area (Å²) in [6.07, 6.45) is 1.74. The van der Waals surface area contributed by atoms with Crippen molar-refractivity contribution in [3.63, 3.8) is 0 Å². The summed E-state index contributed by atoms with van der Waals surface area (Å²) in [4.78, 5) is 16.7. The van der Waals surface area contributed by atoms with E-state index in [9.17, 15) is 4.79 Å². The van der Waals surface area contributed by atoms with Crippen LogP contribution in [0.3, 0.4) is 0 Å². The molecule has 0 radical (unpaired) electrons. The smallest absolute Gasteiger partial charge is 0.410 e. The molecule has 0 spiro atoms. The molecule has 23 heavy (non-hydrogen) atoms. The zero-order valence-electron chi connectivity index (χ0n) is 14.6. The Labute approximate surface area is 151 Å². The molecule has 1 aromatic heterocycles.